The van der Waals surface area contributed by atoms with Crippen LogP contribution < -0.4 is 4.90 Å². The van der Waals surface area contributed by atoms with Crippen LogP contribution in [-0.2, 0) is 6.42 Å². The fourth-order valence-corrected chi connectivity index (χ4v) is 2.94. The van der Waals surface area contributed by atoms with E-state index in [0.717, 1.165) is 17.7 Å². The van der Waals surface area contributed by atoms with Gasteiger partial charge in [0.2, 0.25) is 0 Å². The fraction of sp³-hybridized carbons (Fsp3) is 0.111. The molecular weight excluding hydrogens is 312 g/mol. The van der Waals surface area contributed by atoms with Crippen molar-refractivity contribution in [2.45, 2.75) is 6.42 Å². The topological polar surface area (TPSA) is 46.3 Å². The molecule has 0 bridgehead atoms. The lowest BCUT2D eigenvalue weighted by molar-refractivity contribution is 0.0981. The second kappa shape index (κ2) is 5.56. The number of rotatable bonds is 2. The van der Waals surface area contributed by atoms with Gasteiger partial charge in [0.25, 0.3) is 5.91 Å². The van der Waals surface area contributed by atoms with Gasteiger partial charge in [-0.15, -0.1) is 0 Å². The predicted molar refractivity (Wildman–Crippen MR) is 88.8 cm³/mol. The van der Waals surface area contributed by atoms with Crippen molar-refractivity contribution in [3.63, 3.8) is 0 Å². The number of carbonyl (C=O) groups excluding carboxylic acids is 1. The SMILES string of the molecule is O=C(c1cc(-c2ccc(Cl)cc2)on1)N1CCc2ccccc21. The monoisotopic (exact) mass is 324 g/mol. The molecule has 2 heterocycles. The Hall–Kier alpha value is -2.59. The number of hydrogen-bond acceptors (Lipinski definition) is 3. The molecule has 0 saturated heterocycles. The maximum absolute atomic E-state index is 12.7. The average molecular weight is 325 g/mol. The van der Waals surface area contributed by atoms with Gasteiger partial charge in [-0.25, -0.2) is 0 Å². The predicted octanol–water partition coefficient (Wildman–Crippen LogP) is 4.20. The van der Waals surface area contributed by atoms with E-state index in [1.807, 2.05) is 36.4 Å². The third-order valence-corrected chi connectivity index (χ3v) is 4.24. The Labute approximate surface area is 138 Å². The van der Waals surface area contributed by atoms with Crippen molar-refractivity contribution in [1.82, 2.24) is 5.16 Å². The molecule has 4 rings (SSSR count). The lowest BCUT2D eigenvalue weighted by atomic mass is 10.1. The molecule has 4 nitrogen and oxygen atoms in total. The summed E-state index contributed by atoms with van der Waals surface area (Å²) in [6.07, 6.45) is 0.865. The van der Waals surface area contributed by atoms with E-state index >= 15 is 0 Å². The van der Waals surface area contributed by atoms with Crippen molar-refractivity contribution in [2.24, 2.45) is 0 Å². The zero-order chi connectivity index (χ0) is 15.8. The number of benzene rings is 2. The maximum Gasteiger partial charge on any atom is 0.280 e. The molecule has 0 unspecified atom stereocenters. The summed E-state index contributed by atoms with van der Waals surface area (Å²) in [4.78, 5) is 14.4. The van der Waals surface area contributed by atoms with Crippen LogP contribution in [0.15, 0.2) is 59.1 Å². The first-order chi connectivity index (χ1) is 11.2. The zero-order valence-electron chi connectivity index (χ0n) is 12.2. The number of nitrogens with zero attached hydrogens (tertiary/aromatic N) is 2. The normalized spacial score (nSPS) is 13.2. The average Bonchev–Trinajstić information content (AvgIpc) is 3.22. The standard InChI is InChI=1S/C18H13ClN2O2/c19-14-7-5-13(6-8-14)17-11-15(20-23-17)18(22)21-10-9-12-3-1-2-4-16(12)21/h1-8,11H,9-10H2. The van der Waals surface area contributed by atoms with Gasteiger partial charge in [-0.1, -0.05) is 35.0 Å². The quantitative estimate of drug-likeness (QED) is 0.709. The van der Waals surface area contributed by atoms with Gasteiger partial charge < -0.3 is 9.42 Å². The molecule has 114 valence electrons. The first-order valence-electron chi connectivity index (χ1n) is 7.35. The Morgan fingerprint density at radius 3 is 2.74 bits per heavy atom. The molecule has 0 fully saturated rings. The van der Waals surface area contributed by atoms with E-state index in [4.69, 9.17) is 16.1 Å². The van der Waals surface area contributed by atoms with Gasteiger partial charge in [0.15, 0.2) is 11.5 Å². The van der Waals surface area contributed by atoms with Gasteiger partial charge in [0, 0.05) is 28.9 Å². The van der Waals surface area contributed by atoms with E-state index in [1.165, 1.54) is 5.56 Å². The summed E-state index contributed by atoms with van der Waals surface area (Å²) in [7, 11) is 0. The van der Waals surface area contributed by atoms with E-state index in [-0.39, 0.29) is 5.91 Å². The van der Waals surface area contributed by atoms with Crippen molar-refractivity contribution < 1.29 is 9.32 Å². The Bertz CT molecular complexity index is 871. The third-order valence-electron chi connectivity index (χ3n) is 3.99. The van der Waals surface area contributed by atoms with Crippen LogP contribution >= 0.6 is 11.6 Å². The first kappa shape index (κ1) is 14.0. The summed E-state index contributed by atoms with van der Waals surface area (Å²) in [5.74, 6) is 0.413. The molecule has 1 amide bonds. The van der Waals surface area contributed by atoms with Crippen molar-refractivity contribution in [2.75, 3.05) is 11.4 Å². The van der Waals surface area contributed by atoms with Crippen molar-refractivity contribution >= 4 is 23.2 Å². The van der Waals surface area contributed by atoms with Gasteiger partial charge in [-0.3, -0.25) is 4.79 Å². The van der Waals surface area contributed by atoms with Crippen LogP contribution in [0.5, 0.6) is 0 Å². The number of hydrogen-bond donors (Lipinski definition) is 0. The molecule has 1 aliphatic rings. The van der Waals surface area contributed by atoms with E-state index in [9.17, 15) is 4.79 Å². The molecule has 0 spiro atoms. The van der Waals surface area contributed by atoms with Gasteiger partial charge in [-0.2, -0.15) is 0 Å². The Balaban J connectivity index is 1.62. The number of aromatic nitrogens is 1. The number of anilines is 1. The number of halogens is 1. The molecule has 1 aliphatic heterocycles. The highest BCUT2D eigenvalue weighted by molar-refractivity contribution is 6.30. The Morgan fingerprint density at radius 2 is 1.91 bits per heavy atom. The summed E-state index contributed by atoms with van der Waals surface area (Å²) in [5.41, 5.74) is 3.28. The second-order valence-electron chi connectivity index (χ2n) is 5.42. The smallest absolute Gasteiger partial charge is 0.280 e. The van der Waals surface area contributed by atoms with Gasteiger partial charge in [0.05, 0.1) is 0 Å². The second-order valence-corrected chi connectivity index (χ2v) is 5.86. The lowest BCUT2D eigenvalue weighted by Crippen LogP contribution is -2.29. The molecule has 0 N–H and O–H groups in total. The van der Waals surface area contributed by atoms with Gasteiger partial charge in [-0.05, 0) is 42.3 Å². The van der Waals surface area contributed by atoms with E-state index in [0.29, 0.717) is 23.0 Å². The van der Waals surface area contributed by atoms with Crippen molar-refractivity contribution in [3.05, 3.63) is 70.9 Å². The molecule has 2 aromatic carbocycles. The third kappa shape index (κ3) is 2.51. The number of amides is 1. The van der Waals surface area contributed by atoms with Crippen molar-refractivity contribution in [1.29, 1.82) is 0 Å². The van der Waals surface area contributed by atoms with Crippen LogP contribution in [-0.4, -0.2) is 17.6 Å². The van der Waals surface area contributed by atoms with E-state index in [2.05, 4.69) is 5.16 Å². The largest absolute Gasteiger partial charge is 0.355 e. The zero-order valence-corrected chi connectivity index (χ0v) is 13.0. The summed E-state index contributed by atoms with van der Waals surface area (Å²) in [5, 5.41) is 4.58. The number of fused-ring (bicyclic) bond motifs is 1. The minimum absolute atomic E-state index is 0.140. The van der Waals surface area contributed by atoms with Crippen LogP contribution in [0.4, 0.5) is 5.69 Å². The molecule has 0 atom stereocenters. The molecule has 1 aromatic heterocycles. The molecule has 3 aromatic rings. The summed E-state index contributed by atoms with van der Waals surface area (Å²) < 4.78 is 5.32. The minimum Gasteiger partial charge on any atom is -0.355 e. The van der Waals surface area contributed by atoms with Gasteiger partial charge >= 0.3 is 0 Å². The highest BCUT2D eigenvalue weighted by Crippen LogP contribution is 2.29. The molecule has 5 heteroatoms. The highest BCUT2D eigenvalue weighted by Gasteiger charge is 2.27. The number of para-hydroxylation sites is 1. The molecule has 0 aliphatic carbocycles. The molecule has 0 radical (unpaired) electrons. The van der Waals surface area contributed by atoms with Crippen molar-refractivity contribution in [3.8, 4) is 11.3 Å². The van der Waals surface area contributed by atoms with Gasteiger partial charge in [0.1, 0.15) is 0 Å². The Morgan fingerprint density at radius 1 is 1.13 bits per heavy atom. The summed E-state index contributed by atoms with van der Waals surface area (Å²) in [6.45, 7) is 0.668. The fourth-order valence-electron chi connectivity index (χ4n) is 2.81. The lowest BCUT2D eigenvalue weighted by Gasteiger charge is -2.15. The van der Waals surface area contributed by atoms with Crippen LogP contribution in [0.25, 0.3) is 11.3 Å². The van der Waals surface area contributed by atoms with Crippen LogP contribution in [0.3, 0.4) is 0 Å². The molecular formula is C18H13ClN2O2. The van der Waals surface area contributed by atoms with Crippen LogP contribution in [0.2, 0.25) is 5.02 Å². The highest BCUT2D eigenvalue weighted by atomic mass is 35.5. The number of carbonyl (C=O) groups is 1. The Kier molecular flexibility index (Phi) is 3.39. The maximum atomic E-state index is 12.7. The van der Waals surface area contributed by atoms with E-state index < -0.39 is 0 Å². The summed E-state index contributed by atoms with van der Waals surface area (Å²) >= 11 is 5.88. The van der Waals surface area contributed by atoms with Crippen LogP contribution in [0.1, 0.15) is 16.1 Å². The van der Waals surface area contributed by atoms with Crippen LogP contribution in [0, 0.1) is 0 Å². The summed E-state index contributed by atoms with van der Waals surface area (Å²) in [6, 6.07) is 16.8. The van der Waals surface area contributed by atoms with E-state index in [1.54, 1.807) is 23.1 Å². The molecule has 23 heavy (non-hydrogen) atoms. The minimum atomic E-state index is -0.140. The molecule has 0 saturated carbocycles. The first-order valence-corrected chi connectivity index (χ1v) is 7.72.